The Morgan fingerprint density at radius 3 is 2.96 bits per heavy atom. The molecule has 1 atom stereocenters. The molecule has 144 valence electrons. The number of nitrogens with zero attached hydrogens (tertiary/aromatic N) is 3. The van der Waals surface area contributed by atoms with E-state index >= 15 is 0 Å². The lowest BCUT2D eigenvalue weighted by Crippen LogP contribution is -2.37. The molecule has 2 aromatic heterocycles. The van der Waals surface area contributed by atoms with Crippen LogP contribution in [0.2, 0.25) is 0 Å². The zero-order valence-electron chi connectivity index (χ0n) is 16.1. The van der Waals surface area contributed by atoms with Gasteiger partial charge in [-0.3, -0.25) is 4.79 Å². The highest BCUT2D eigenvalue weighted by molar-refractivity contribution is 5.93. The highest BCUT2D eigenvalue weighted by Gasteiger charge is 2.24. The number of benzene rings is 1. The van der Waals surface area contributed by atoms with E-state index in [0.717, 1.165) is 36.2 Å². The standard InChI is InChI=1S/C23H25N3O2/c1-18-11-13-25-17-21(24-22(25)15-18)23(27)26(16-20-10-6-14-28-20)12-5-9-19-7-3-2-4-8-19/h2-5,7-9,11,13,15,17,20H,6,10,12,14,16H2,1H3/b9-5+/t20-/m0/s1. The van der Waals surface area contributed by atoms with Crippen molar-refractivity contribution in [2.75, 3.05) is 19.7 Å². The lowest BCUT2D eigenvalue weighted by Gasteiger charge is -2.23. The van der Waals surface area contributed by atoms with E-state index in [9.17, 15) is 4.79 Å². The fraction of sp³-hybridized carbons (Fsp3) is 0.304. The number of carbonyl (C=O) groups excluding carboxylic acids is 1. The van der Waals surface area contributed by atoms with Crippen molar-refractivity contribution in [3.8, 4) is 0 Å². The fourth-order valence-corrected chi connectivity index (χ4v) is 3.50. The van der Waals surface area contributed by atoms with Crippen LogP contribution in [0.25, 0.3) is 11.7 Å². The second kappa shape index (κ2) is 8.40. The third kappa shape index (κ3) is 4.31. The molecular formula is C23H25N3O2. The molecule has 0 bridgehead atoms. The van der Waals surface area contributed by atoms with Gasteiger partial charge in [-0.25, -0.2) is 4.98 Å². The number of pyridine rings is 1. The maximum atomic E-state index is 13.2. The van der Waals surface area contributed by atoms with Gasteiger partial charge in [0.1, 0.15) is 11.3 Å². The minimum absolute atomic E-state index is 0.0606. The molecule has 0 saturated carbocycles. The van der Waals surface area contributed by atoms with E-state index < -0.39 is 0 Å². The third-order valence-corrected chi connectivity index (χ3v) is 5.01. The van der Waals surface area contributed by atoms with Crippen LogP contribution in [0, 0.1) is 6.92 Å². The number of carbonyl (C=O) groups is 1. The Bertz CT molecular complexity index is 972. The molecule has 3 heterocycles. The molecular weight excluding hydrogens is 350 g/mol. The van der Waals surface area contributed by atoms with Crippen LogP contribution in [0.1, 0.15) is 34.5 Å². The van der Waals surface area contributed by atoms with Gasteiger partial charge in [0.25, 0.3) is 5.91 Å². The summed E-state index contributed by atoms with van der Waals surface area (Å²) in [5, 5.41) is 0. The molecule has 1 aliphatic rings. The van der Waals surface area contributed by atoms with Gasteiger partial charge in [-0.2, -0.15) is 0 Å². The van der Waals surface area contributed by atoms with E-state index in [1.165, 1.54) is 0 Å². The summed E-state index contributed by atoms with van der Waals surface area (Å²) in [6.07, 6.45) is 9.98. The summed E-state index contributed by atoms with van der Waals surface area (Å²) in [6.45, 7) is 3.92. The van der Waals surface area contributed by atoms with Gasteiger partial charge in [-0.1, -0.05) is 42.5 Å². The largest absolute Gasteiger partial charge is 0.376 e. The molecule has 0 unspecified atom stereocenters. The average molecular weight is 375 g/mol. The number of imidazole rings is 1. The summed E-state index contributed by atoms with van der Waals surface area (Å²) in [5.41, 5.74) is 3.51. The van der Waals surface area contributed by atoms with Gasteiger partial charge in [-0.15, -0.1) is 0 Å². The first kappa shape index (κ1) is 18.4. The highest BCUT2D eigenvalue weighted by Crippen LogP contribution is 2.16. The molecule has 5 nitrogen and oxygen atoms in total. The van der Waals surface area contributed by atoms with Crippen molar-refractivity contribution in [3.63, 3.8) is 0 Å². The maximum Gasteiger partial charge on any atom is 0.274 e. The molecule has 0 N–H and O–H groups in total. The first-order valence-corrected chi connectivity index (χ1v) is 9.77. The lowest BCUT2D eigenvalue weighted by molar-refractivity contribution is 0.0550. The second-order valence-electron chi connectivity index (χ2n) is 7.25. The second-order valence-corrected chi connectivity index (χ2v) is 7.25. The van der Waals surface area contributed by atoms with Crippen LogP contribution in [0.15, 0.2) is 60.9 Å². The topological polar surface area (TPSA) is 46.8 Å². The van der Waals surface area contributed by atoms with Gasteiger partial charge in [0, 0.05) is 32.1 Å². The Balaban J connectivity index is 1.53. The van der Waals surface area contributed by atoms with Crippen LogP contribution in [0.5, 0.6) is 0 Å². The number of fused-ring (bicyclic) bond motifs is 1. The van der Waals surface area contributed by atoms with Crippen LogP contribution in [0.4, 0.5) is 0 Å². The normalized spacial score (nSPS) is 16.8. The quantitative estimate of drug-likeness (QED) is 0.655. The fourth-order valence-electron chi connectivity index (χ4n) is 3.50. The molecule has 1 aliphatic heterocycles. The molecule has 4 rings (SSSR count). The van der Waals surface area contributed by atoms with Crippen molar-refractivity contribution in [2.24, 2.45) is 0 Å². The molecule has 0 spiro atoms. The van der Waals surface area contributed by atoms with E-state index in [1.54, 1.807) is 6.20 Å². The van der Waals surface area contributed by atoms with E-state index in [2.05, 4.69) is 4.98 Å². The summed E-state index contributed by atoms with van der Waals surface area (Å²) >= 11 is 0. The van der Waals surface area contributed by atoms with Crippen molar-refractivity contribution in [1.82, 2.24) is 14.3 Å². The number of amides is 1. The van der Waals surface area contributed by atoms with Crippen LogP contribution in [-0.2, 0) is 4.74 Å². The minimum Gasteiger partial charge on any atom is -0.376 e. The summed E-state index contributed by atoms with van der Waals surface area (Å²) in [6, 6.07) is 14.1. The van der Waals surface area contributed by atoms with Crippen molar-refractivity contribution >= 4 is 17.6 Å². The van der Waals surface area contributed by atoms with Crippen molar-refractivity contribution in [1.29, 1.82) is 0 Å². The zero-order chi connectivity index (χ0) is 19.3. The van der Waals surface area contributed by atoms with Crippen molar-refractivity contribution < 1.29 is 9.53 Å². The Kier molecular flexibility index (Phi) is 5.53. The Morgan fingerprint density at radius 1 is 1.32 bits per heavy atom. The Hall–Kier alpha value is -2.92. The molecule has 1 saturated heterocycles. The molecule has 3 aromatic rings. The van der Waals surface area contributed by atoms with Crippen LogP contribution >= 0.6 is 0 Å². The van der Waals surface area contributed by atoms with Gasteiger partial charge in [0.2, 0.25) is 0 Å². The SMILES string of the molecule is Cc1ccn2cc(C(=O)N(C/C=C/c3ccccc3)C[C@@H]3CCCO3)nc2c1. The highest BCUT2D eigenvalue weighted by atomic mass is 16.5. The number of ether oxygens (including phenoxy) is 1. The van der Waals surface area contributed by atoms with Crippen LogP contribution in [-0.4, -0.2) is 46.0 Å². The minimum atomic E-state index is -0.0606. The predicted molar refractivity (Wildman–Crippen MR) is 110 cm³/mol. The maximum absolute atomic E-state index is 13.2. The molecule has 1 fully saturated rings. The third-order valence-electron chi connectivity index (χ3n) is 5.01. The smallest absolute Gasteiger partial charge is 0.274 e. The molecule has 5 heteroatoms. The Morgan fingerprint density at radius 2 is 2.18 bits per heavy atom. The number of aryl methyl sites for hydroxylation is 1. The van der Waals surface area contributed by atoms with Gasteiger partial charge in [0.05, 0.1) is 6.10 Å². The Labute approximate surface area is 165 Å². The first-order chi connectivity index (χ1) is 13.7. The molecule has 0 aliphatic carbocycles. The van der Waals surface area contributed by atoms with Crippen molar-refractivity contribution in [3.05, 3.63) is 77.8 Å². The summed E-state index contributed by atoms with van der Waals surface area (Å²) in [4.78, 5) is 19.6. The molecule has 28 heavy (non-hydrogen) atoms. The van der Waals surface area contributed by atoms with Gasteiger partial charge < -0.3 is 14.0 Å². The summed E-state index contributed by atoms with van der Waals surface area (Å²) in [7, 11) is 0. The van der Waals surface area contributed by atoms with Crippen LogP contribution < -0.4 is 0 Å². The van der Waals surface area contributed by atoms with Crippen LogP contribution in [0.3, 0.4) is 0 Å². The number of rotatable bonds is 6. The summed E-state index contributed by atoms with van der Waals surface area (Å²) < 4.78 is 7.66. The lowest BCUT2D eigenvalue weighted by atomic mass is 10.2. The van der Waals surface area contributed by atoms with Gasteiger partial charge >= 0.3 is 0 Å². The monoisotopic (exact) mass is 375 g/mol. The number of hydrogen-bond donors (Lipinski definition) is 0. The van der Waals surface area contributed by atoms with Gasteiger partial charge in [0.15, 0.2) is 0 Å². The molecule has 0 radical (unpaired) electrons. The number of aromatic nitrogens is 2. The van der Waals surface area contributed by atoms with Gasteiger partial charge in [-0.05, 0) is 43.0 Å². The first-order valence-electron chi connectivity index (χ1n) is 9.77. The predicted octanol–water partition coefficient (Wildman–Crippen LogP) is 3.98. The van der Waals surface area contributed by atoms with E-state index in [4.69, 9.17) is 4.74 Å². The van der Waals surface area contributed by atoms with Crippen molar-refractivity contribution in [2.45, 2.75) is 25.9 Å². The number of hydrogen-bond acceptors (Lipinski definition) is 3. The summed E-state index contributed by atoms with van der Waals surface area (Å²) in [5.74, 6) is -0.0606. The molecule has 1 amide bonds. The average Bonchev–Trinajstić information content (AvgIpc) is 3.36. The zero-order valence-corrected chi connectivity index (χ0v) is 16.1. The van der Waals surface area contributed by atoms with E-state index in [-0.39, 0.29) is 12.0 Å². The van der Waals surface area contributed by atoms with E-state index in [0.29, 0.717) is 18.8 Å². The van der Waals surface area contributed by atoms with E-state index in [1.807, 2.05) is 77.0 Å². The molecule has 1 aromatic carbocycles.